The molecule has 0 spiro atoms. The highest BCUT2D eigenvalue weighted by Crippen LogP contribution is 2.52. The Morgan fingerprint density at radius 2 is 1.56 bits per heavy atom. The minimum atomic E-state index is -1.61. The van der Waals surface area contributed by atoms with Gasteiger partial charge in [0.05, 0.1) is 26.9 Å². The smallest absolute Gasteiger partial charge is 0.153 e. The largest absolute Gasteiger partial charge is 0.497 e. The van der Waals surface area contributed by atoms with Crippen molar-refractivity contribution in [2.75, 3.05) is 21.3 Å². The molecule has 3 unspecified atom stereocenters. The number of hydrogen-bond acceptors (Lipinski definition) is 6. The first-order valence-electron chi connectivity index (χ1n) is 10.5. The van der Waals surface area contributed by atoms with E-state index in [0.29, 0.717) is 35.0 Å². The summed E-state index contributed by atoms with van der Waals surface area (Å²) in [6.45, 7) is 0. The molecular formula is C26H28O6. The summed E-state index contributed by atoms with van der Waals surface area (Å²) < 4.78 is 22.4. The Hall–Kier alpha value is -3.22. The van der Waals surface area contributed by atoms with Gasteiger partial charge < -0.3 is 29.2 Å². The maximum atomic E-state index is 12.0. The molecular weight excluding hydrogens is 408 g/mol. The van der Waals surface area contributed by atoms with Crippen molar-refractivity contribution in [3.8, 4) is 23.0 Å². The maximum absolute atomic E-state index is 12.0. The molecule has 4 rings (SSSR count). The first kappa shape index (κ1) is 22.0. The number of methoxy groups -OCH3 is 3. The summed E-state index contributed by atoms with van der Waals surface area (Å²) >= 11 is 0. The molecule has 6 heteroatoms. The minimum absolute atomic E-state index is 0.282. The second-order valence-corrected chi connectivity index (χ2v) is 7.87. The molecule has 0 radical (unpaired) electrons. The van der Waals surface area contributed by atoms with E-state index in [2.05, 4.69) is 0 Å². The third kappa shape index (κ3) is 3.99. The zero-order valence-electron chi connectivity index (χ0n) is 18.4. The molecule has 168 valence electrons. The Labute approximate surface area is 188 Å². The van der Waals surface area contributed by atoms with E-state index in [9.17, 15) is 10.2 Å². The number of aryl methyl sites for hydroxylation is 1. The van der Waals surface area contributed by atoms with Gasteiger partial charge in [-0.25, -0.2) is 0 Å². The Balaban J connectivity index is 1.79. The van der Waals surface area contributed by atoms with E-state index in [1.807, 2.05) is 42.5 Å². The van der Waals surface area contributed by atoms with E-state index in [4.69, 9.17) is 18.9 Å². The first-order valence-corrected chi connectivity index (χ1v) is 10.5. The van der Waals surface area contributed by atoms with Gasteiger partial charge in [-0.1, -0.05) is 42.5 Å². The fraction of sp³-hybridized carbons (Fsp3) is 0.308. The molecule has 1 aliphatic rings. The number of rotatable bonds is 7. The number of hydrogen-bond donors (Lipinski definition) is 2. The molecule has 3 aromatic carbocycles. The Morgan fingerprint density at radius 3 is 2.19 bits per heavy atom. The third-order valence-electron chi connectivity index (χ3n) is 6.04. The van der Waals surface area contributed by atoms with Crippen LogP contribution in [0.1, 0.15) is 29.2 Å². The van der Waals surface area contributed by atoms with Crippen molar-refractivity contribution in [2.45, 2.75) is 30.7 Å². The molecule has 3 aromatic rings. The van der Waals surface area contributed by atoms with Gasteiger partial charge in [0.15, 0.2) is 6.10 Å². The predicted molar refractivity (Wildman–Crippen MR) is 121 cm³/mol. The molecule has 32 heavy (non-hydrogen) atoms. The summed E-state index contributed by atoms with van der Waals surface area (Å²) in [5.74, 6) is 2.06. The number of ether oxygens (including phenoxy) is 4. The van der Waals surface area contributed by atoms with Crippen molar-refractivity contribution in [1.82, 2.24) is 0 Å². The number of aliphatic hydroxyl groups is 2. The molecule has 1 heterocycles. The highest BCUT2D eigenvalue weighted by molar-refractivity contribution is 5.56. The van der Waals surface area contributed by atoms with Gasteiger partial charge in [-0.15, -0.1) is 0 Å². The molecule has 6 nitrogen and oxygen atoms in total. The normalized spacial score (nSPS) is 21.9. The average molecular weight is 437 g/mol. The standard InChI is InChI=1S/C26H28O6/c1-29-19-11-9-18(10-12-19)24-25(27)26(28,14-13-17-7-5-4-6-8-17)23-21(31-3)15-20(30-2)16-22(23)32-24/h4-12,15-16,24-25,27-28H,13-14H2,1-3H3. The van der Waals surface area contributed by atoms with E-state index in [1.165, 1.54) is 7.11 Å². The minimum Gasteiger partial charge on any atom is -0.497 e. The average Bonchev–Trinajstić information content (AvgIpc) is 2.85. The molecule has 0 bridgehead atoms. The Bertz CT molecular complexity index is 1050. The fourth-order valence-electron chi connectivity index (χ4n) is 4.26. The lowest BCUT2D eigenvalue weighted by atomic mass is 9.76. The summed E-state index contributed by atoms with van der Waals surface area (Å²) in [4.78, 5) is 0. The maximum Gasteiger partial charge on any atom is 0.153 e. The van der Waals surface area contributed by atoms with Crippen LogP contribution in [0.2, 0.25) is 0 Å². The number of fused-ring (bicyclic) bond motifs is 1. The molecule has 1 aliphatic heterocycles. The van der Waals surface area contributed by atoms with Crippen LogP contribution in [0.5, 0.6) is 23.0 Å². The zero-order chi connectivity index (χ0) is 22.7. The molecule has 0 aliphatic carbocycles. The third-order valence-corrected chi connectivity index (χ3v) is 6.04. The van der Waals surface area contributed by atoms with Crippen LogP contribution >= 0.6 is 0 Å². The lowest BCUT2D eigenvalue weighted by Gasteiger charge is -2.44. The molecule has 2 N–H and O–H groups in total. The monoisotopic (exact) mass is 436 g/mol. The molecule has 3 atom stereocenters. The van der Waals surface area contributed by atoms with Gasteiger partial charge in [0.1, 0.15) is 34.7 Å². The van der Waals surface area contributed by atoms with Crippen LogP contribution in [0.3, 0.4) is 0 Å². The summed E-state index contributed by atoms with van der Waals surface area (Å²) in [7, 11) is 4.67. The number of benzene rings is 3. The van der Waals surface area contributed by atoms with Crippen LogP contribution in [0.4, 0.5) is 0 Å². The van der Waals surface area contributed by atoms with Gasteiger partial charge in [-0.3, -0.25) is 0 Å². The van der Waals surface area contributed by atoms with Gasteiger partial charge in [0.25, 0.3) is 0 Å². The fourth-order valence-corrected chi connectivity index (χ4v) is 4.26. The van der Waals surface area contributed by atoms with Crippen molar-refractivity contribution >= 4 is 0 Å². The second kappa shape index (κ2) is 9.10. The van der Waals surface area contributed by atoms with Gasteiger partial charge in [0, 0.05) is 12.1 Å². The predicted octanol–water partition coefficient (Wildman–Crippen LogP) is 4.03. The van der Waals surface area contributed by atoms with Crippen molar-refractivity contribution in [1.29, 1.82) is 0 Å². The number of aliphatic hydroxyl groups excluding tert-OH is 1. The lowest BCUT2D eigenvalue weighted by Crippen LogP contribution is -2.49. The first-order chi connectivity index (χ1) is 15.5. The van der Waals surface area contributed by atoms with E-state index < -0.39 is 17.8 Å². The quantitative estimate of drug-likeness (QED) is 0.582. The SMILES string of the molecule is COc1ccc(C2Oc3cc(OC)cc(OC)c3C(O)(CCc3ccccc3)C2O)cc1. The Kier molecular flexibility index (Phi) is 6.26. The summed E-state index contributed by atoms with van der Waals surface area (Å²) in [6.07, 6.45) is -1.16. The lowest BCUT2D eigenvalue weighted by molar-refractivity contribution is -0.147. The van der Waals surface area contributed by atoms with Gasteiger partial charge in [-0.2, -0.15) is 0 Å². The van der Waals surface area contributed by atoms with Crippen LogP contribution in [0.15, 0.2) is 66.7 Å². The highest BCUT2D eigenvalue weighted by atomic mass is 16.5. The summed E-state index contributed by atoms with van der Waals surface area (Å²) in [6, 6.07) is 20.5. The van der Waals surface area contributed by atoms with E-state index in [1.54, 1.807) is 38.5 Å². The van der Waals surface area contributed by atoms with Crippen molar-refractivity contribution < 1.29 is 29.2 Å². The van der Waals surface area contributed by atoms with Crippen LogP contribution in [-0.4, -0.2) is 37.6 Å². The molecule has 0 fully saturated rings. The van der Waals surface area contributed by atoms with Crippen molar-refractivity contribution in [2.24, 2.45) is 0 Å². The molecule has 0 saturated heterocycles. The van der Waals surface area contributed by atoms with Crippen LogP contribution in [0.25, 0.3) is 0 Å². The summed E-state index contributed by atoms with van der Waals surface area (Å²) in [5.41, 5.74) is 0.610. The van der Waals surface area contributed by atoms with Crippen molar-refractivity contribution in [3.63, 3.8) is 0 Å². The Morgan fingerprint density at radius 1 is 0.875 bits per heavy atom. The van der Waals surface area contributed by atoms with Crippen LogP contribution in [0, 0.1) is 0 Å². The second-order valence-electron chi connectivity index (χ2n) is 7.87. The van der Waals surface area contributed by atoms with Crippen LogP contribution in [-0.2, 0) is 12.0 Å². The van der Waals surface area contributed by atoms with Gasteiger partial charge in [0.2, 0.25) is 0 Å². The van der Waals surface area contributed by atoms with E-state index in [-0.39, 0.29) is 6.42 Å². The molecule has 0 amide bonds. The molecule has 0 saturated carbocycles. The highest BCUT2D eigenvalue weighted by Gasteiger charge is 2.51. The van der Waals surface area contributed by atoms with Crippen molar-refractivity contribution in [3.05, 3.63) is 83.4 Å². The van der Waals surface area contributed by atoms with E-state index >= 15 is 0 Å². The van der Waals surface area contributed by atoms with E-state index in [0.717, 1.165) is 11.1 Å². The van der Waals surface area contributed by atoms with Gasteiger partial charge in [-0.05, 0) is 36.1 Å². The summed E-state index contributed by atoms with van der Waals surface area (Å²) in [5, 5.41) is 23.4. The van der Waals surface area contributed by atoms with Crippen LogP contribution < -0.4 is 18.9 Å². The van der Waals surface area contributed by atoms with Gasteiger partial charge >= 0.3 is 0 Å². The topological polar surface area (TPSA) is 77.4 Å². The molecule has 0 aromatic heterocycles. The zero-order valence-corrected chi connectivity index (χ0v) is 18.4.